The molecule has 4 nitrogen and oxygen atoms in total. The number of amides is 1. The Balaban J connectivity index is 1.38. The van der Waals surface area contributed by atoms with E-state index in [1.165, 1.54) is 24.8 Å². The molecule has 0 radical (unpaired) electrons. The number of ether oxygens (including phenoxy) is 1. The van der Waals surface area contributed by atoms with Gasteiger partial charge in [0.15, 0.2) is 0 Å². The number of hydrogen-bond donors (Lipinski definition) is 1. The second-order valence-electron chi connectivity index (χ2n) is 7.55. The number of rotatable bonds is 6. The fraction of sp³-hybridized carbons (Fsp3) is 0.667. The lowest BCUT2D eigenvalue weighted by atomic mass is 9.95. The predicted molar refractivity (Wildman–Crippen MR) is 100 cm³/mol. The summed E-state index contributed by atoms with van der Waals surface area (Å²) < 4.78 is 6.05. The van der Waals surface area contributed by atoms with E-state index in [0.29, 0.717) is 18.8 Å². The van der Waals surface area contributed by atoms with E-state index in [4.69, 9.17) is 4.74 Å². The molecular formula is C21H32N2O2. The van der Waals surface area contributed by atoms with E-state index in [-0.39, 0.29) is 11.9 Å². The number of nitrogens with one attached hydrogen (secondary N) is 1. The highest BCUT2D eigenvalue weighted by Gasteiger charge is 2.28. The standard InChI is InChI=1S/C21H32N2O2/c1-17(21(24)22-19-10-6-3-7-11-19)23-14-12-20(13-15-23)25-16-18-8-4-2-5-9-18/h2,4-5,8-9,17,19-20H,3,6-7,10-16H2,1H3,(H,22,24)/t17-/m0/s1. The van der Waals surface area contributed by atoms with E-state index in [9.17, 15) is 4.79 Å². The van der Waals surface area contributed by atoms with Crippen LogP contribution >= 0.6 is 0 Å². The van der Waals surface area contributed by atoms with Gasteiger partial charge < -0.3 is 10.1 Å². The lowest BCUT2D eigenvalue weighted by molar-refractivity contribution is -0.128. The number of likely N-dealkylation sites (tertiary alicyclic amines) is 1. The van der Waals surface area contributed by atoms with Gasteiger partial charge in [0, 0.05) is 19.1 Å². The van der Waals surface area contributed by atoms with Gasteiger partial charge in [-0.3, -0.25) is 9.69 Å². The Morgan fingerprint density at radius 3 is 2.48 bits per heavy atom. The summed E-state index contributed by atoms with van der Waals surface area (Å²) in [6, 6.07) is 10.7. The quantitative estimate of drug-likeness (QED) is 0.859. The van der Waals surface area contributed by atoms with Crippen molar-refractivity contribution in [1.29, 1.82) is 0 Å². The monoisotopic (exact) mass is 344 g/mol. The minimum Gasteiger partial charge on any atom is -0.373 e. The van der Waals surface area contributed by atoms with Crippen molar-refractivity contribution < 1.29 is 9.53 Å². The Morgan fingerprint density at radius 2 is 1.80 bits per heavy atom. The van der Waals surface area contributed by atoms with Crippen LogP contribution in [-0.2, 0) is 16.1 Å². The number of carbonyl (C=O) groups is 1. The van der Waals surface area contributed by atoms with E-state index in [2.05, 4.69) is 22.3 Å². The lowest BCUT2D eigenvalue weighted by Crippen LogP contribution is -2.51. The van der Waals surface area contributed by atoms with Crippen molar-refractivity contribution in [1.82, 2.24) is 10.2 Å². The first-order valence-electron chi connectivity index (χ1n) is 9.92. The molecule has 1 aromatic rings. The van der Waals surface area contributed by atoms with Crippen LogP contribution in [0.5, 0.6) is 0 Å². The number of hydrogen-bond acceptors (Lipinski definition) is 3. The third-order valence-electron chi connectivity index (χ3n) is 5.68. The third kappa shape index (κ3) is 5.55. The molecule has 25 heavy (non-hydrogen) atoms. The number of benzene rings is 1. The van der Waals surface area contributed by atoms with Crippen molar-refractivity contribution >= 4 is 5.91 Å². The van der Waals surface area contributed by atoms with E-state index >= 15 is 0 Å². The zero-order chi connectivity index (χ0) is 17.5. The third-order valence-corrected chi connectivity index (χ3v) is 5.68. The van der Waals surface area contributed by atoms with Gasteiger partial charge in [0.2, 0.25) is 5.91 Å². The van der Waals surface area contributed by atoms with Crippen LogP contribution in [0.2, 0.25) is 0 Å². The normalized spacial score (nSPS) is 21.8. The molecule has 2 fully saturated rings. The molecule has 1 saturated carbocycles. The first-order valence-corrected chi connectivity index (χ1v) is 9.92. The van der Waals surface area contributed by atoms with Crippen molar-refractivity contribution in [3.63, 3.8) is 0 Å². The summed E-state index contributed by atoms with van der Waals surface area (Å²) in [6.07, 6.45) is 8.44. The van der Waals surface area contributed by atoms with Crippen LogP contribution in [0.3, 0.4) is 0 Å². The van der Waals surface area contributed by atoms with E-state index in [0.717, 1.165) is 38.8 Å². The van der Waals surface area contributed by atoms with E-state index in [1.807, 2.05) is 25.1 Å². The van der Waals surface area contributed by atoms with Crippen molar-refractivity contribution in [3.05, 3.63) is 35.9 Å². The zero-order valence-electron chi connectivity index (χ0n) is 15.5. The molecule has 2 aliphatic rings. The van der Waals surface area contributed by atoms with Gasteiger partial charge in [0.1, 0.15) is 0 Å². The molecule has 1 atom stereocenters. The van der Waals surface area contributed by atoms with Crippen LogP contribution in [-0.4, -0.2) is 42.1 Å². The van der Waals surface area contributed by atoms with Crippen LogP contribution in [0.15, 0.2) is 30.3 Å². The minimum atomic E-state index is -0.0306. The van der Waals surface area contributed by atoms with Crippen LogP contribution in [0.4, 0.5) is 0 Å². The molecule has 1 N–H and O–H groups in total. The molecule has 4 heteroatoms. The summed E-state index contributed by atoms with van der Waals surface area (Å²) in [7, 11) is 0. The van der Waals surface area contributed by atoms with Gasteiger partial charge in [-0.15, -0.1) is 0 Å². The van der Waals surface area contributed by atoms with Gasteiger partial charge in [0.25, 0.3) is 0 Å². The summed E-state index contributed by atoms with van der Waals surface area (Å²) in [5.41, 5.74) is 1.23. The molecule has 0 aromatic heterocycles. The maximum atomic E-state index is 12.5. The Labute approximate surface area is 151 Å². The Morgan fingerprint density at radius 1 is 1.12 bits per heavy atom. The topological polar surface area (TPSA) is 41.6 Å². The number of carbonyl (C=O) groups excluding carboxylic acids is 1. The highest BCUT2D eigenvalue weighted by atomic mass is 16.5. The van der Waals surface area contributed by atoms with Gasteiger partial charge in [-0.05, 0) is 38.2 Å². The van der Waals surface area contributed by atoms with Crippen molar-refractivity contribution in [2.75, 3.05) is 13.1 Å². The molecule has 1 saturated heterocycles. The minimum absolute atomic E-state index is 0.0306. The highest BCUT2D eigenvalue weighted by Crippen LogP contribution is 2.20. The molecule has 0 spiro atoms. The second-order valence-corrected chi connectivity index (χ2v) is 7.55. The van der Waals surface area contributed by atoms with Crippen LogP contribution in [0.25, 0.3) is 0 Å². The smallest absolute Gasteiger partial charge is 0.237 e. The van der Waals surface area contributed by atoms with E-state index in [1.54, 1.807) is 0 Å². The summed E-state index contributed by atoms with van der Waals surface area (Å²) in [5, 5.41) is 3.26. The molecule has 1 heterocycles. The molecule has 0 bridgehead atoms. The summed E-state index contributed by atoms with van der Waals surface area (Å²) >= 11 is 0. The molecule has 1 aliphatic heterocycles. The Kier molecular flexibility index (Phi) is 6.88. The predicted octanol–water partition coefficient (Wildman–Crippen LogP) is 3.51. The average Bonchev–Trinajstić information content (AvgIpc) is 2.68. The Bertz CT molecular complexity index is 520. The molecule has 138 valence electrons. The summed E-state index contributed by atoms with van der Waals surface area (Å²) in [6.45, 7) is 4.62. The molecule has 0 unspecified atom stereocenters. The maximum absolute atomic E-state index is 12.5. The second kappa shape index (κ2) is 9.35. The largest absolute Gasteiger partial charge is 0.373 e. The maximum Gasteiger partial charge on any atom is 0.237 e. The molecule has 3 rings (SSSR count). The number of piperidine rings is 1. The van der Waals surface area contributed by atoms with Crippen molar-refractivity contribution in [2.24, 2.45) is 0 Å². The van der Waals surface area contributed by atoms with Gasteiger partial charge in [-0.2, -0.15) is 0 Å². The zero-order valence-corrected chi connectivity index (χ0v) is 15.5. The van der Waals surface area contributed by atoms with E-state index < -0.39 is 0 Å². The lowest BCUT2D eigenvalue weighted by Gasteiger charge is -2.36. The molecule has 1 amide bonds. The fourth-order valence-electron chi connectivity index (χ4n) is 3.95. The fourth-order valence-corrected chi connectivity index (χ4v) is 3.95. The summed E-state index contributed by atoms with van der Waals surface area (Å²) in [5.74, 6) is 0.204. The molecule has 1 aliphatic carbocycles. The first kappa shape index (κ1) is 18.4. The van der Waals surface area contributed by atoms with Gasteiger partial charge in [-0.25, -0.2) is 0 Å². The number of nitrogens with zero attached hydrogens (tertiary/aromatic N) is 1. The van der Waals surface area contributed by atoms with Gasteiger partial charge in [0.05, 0.1) is 18.8 Å². The SMILES string of the molecule is C[C@@H](C(=O)NC1CCCCC1)N1CCC(OCc2ccccc2)CC1. The molecule has 1 aromatic carbocycles. The van der Waals surface area contributed by atoms with Gasteiger partial charge in [-0.1, -0.05) is 49.6 Å². The average molecular weight is 344 g/mol. The van der Waals surface area contributed by atoms with Crippen LogP contribution in [0.1, 0.15) is 57.4 Å². The van der Waals surface area contributed by atoms with Gasteiger partial charge >= 0.3 is 0 Å². The highest BCUT2D eigenvalue weighted by molar-refractivity contribution is 5.81. The van der Waals surface area contributed by atoms with Crippen LogP contribution < -0.4 is 5.32 Å². The Hall–Kier alpha value is -1.39. The molecular weight excluding hydrogens is 312 g/mol. The van der Waals surface area contributed by atoms with Crippen LogP contribution in [0, 0.1) is 0 Å². The first-order chi connectivity index (χ1) is 12.2. The summed E-state index contributed by atoms with van der Waals surface area (Å²) in [4.78, 5) is 14.8. The van der Waals surface area contributed by atoms with Crippen molar-refractivity contribution in [2.45, 2.75) is 76.7 Å². The van der Waals surface area contributed by atoms with Crippen molar-refractivity contribution in [3.8, 4) is 0 Å².